The van der Waals surface area contributed by atoms with E-state index in [2.05, 4.69) is 91.6 Å². The van der Waals surface area contributed by atoms with Crippen LogP contribution < -0.4 is 21.3 Å². The van der Waals surface area contributed by atoms with Crippen molar-refractivity contribution in [1.29, 1.82) is 0 Å². The zero-order valence-electron chi connectivity index (χ0n) is 36.2. The second kappa shape index (κ2) is 23.8. The highest BCUT2D eigenvalue weighted by Gasteiger charge is 2.38. The van der Waals surface area contributed by atoms with Crippen molar-refractivity contribution in [3.8, 4) is 0 Å². The summed E-state index contributed by atoms with van der Waals surface area (Å²) < 4.78 is 0. The van der Waals surface area contributed by atoms with Crippen molar-refractivity contribution in [2.45, 2.75) is 244 Å². The van der Waals surface area contributed by atoms with Gasteiger partial charge >= 0.3 is 0 Å². The highest BCUT2D eigenvalue weighted by atomic mass is 35.5. The van der Waals surface area contributed by atoms with Crippen molar-refractivity contribution in [3.63, 3.8) is 0 Å². The molecule has 3 heterocycles. The minimum Gasteiger partial charge on any atom is -0.354 e. The fraction of sp³-hybridized carbons (Fsp3) is 0.933. The summed E-state index contributed by atoms with van der Waals surface area (Å²) in [6.07, 6.45) is 35.0. The predicted molar refractivity (Wildman–Crippen MR) is 231 cm³/mol. The van der Waals surface area contributed by atoms with E-state index in [9.17, 15) is 0 Å². The molecule has 8 heteroatoms. The van der Waals surface area contributed by atoms with E-state index in [1.165, 1.54) is 154 Å². The number of aromatic nitrogens is 3. The lowest BCUT2D eigenvalue weighted by molar-refractivity contribution is 0.121. The van der Waals surface area contributed by atoms with Crippen LogP contribution in [0.15, 0.2) is 0 Å². The second-order valence-electron chi connectivity index (χ2n) is 20.1. The molecule has 0 saturated carbocycles. The first-order chi connectivity index (χ1) is 25.1. The van der Waals surface area contributed by atoms with Gasteiger partial charge in [-0.25, -0.2) is 0 Å². The molecule has 1 aromatic heterocycles. The summed E-state index contributed by atoms with van der Waals surface area (Å²) in [5, 5.41) is 14.6. The number of anilines is 2. The Labute approximate surface area is 333 Å². The maximum atomic E-state index is 6.22. The quantitative estimate of drug-likeness (QED) is 0.0633. The Morgan fingerprint density at radius 2 is 0.698 bits per heavy atom. The van der Waals surface area contributed by atoms with Crippen molar-refractivity contribution >= 4 is 23.5 Å². The van der Waals surface area contributed by atoms with E-state index in [-0.39, 0.29) is 27.4 Å². The molecular formula is C45H86ClN7. The van der Waals surface area contributed by atoms with Gasteiger partial charge in [0.2, 0.25) is 17.2 Å². The van der Waals surface area contributed by atoms with Crippen molar-refractivity contribution in [2.75, 3.05) is 23.7 Å². The van der Waals surface area contributed by atoms with Gasteiger partial charge in [0.25, 0.3) is 0 Å². The van der Waals surface area contributed by atoms with Crippen molar-refractivity contribution < 1.29 is 0 Å². The number of hydrogen-bond acceptors (Lipinski definition) is 7. The maximum absolute atomic E-state index is 6.22. The molecule has 0 atom stereocenters. The van der Waals surface area contributed by atoms with Gasteiger partial charge in [-0.05, 0) is 117 Å². The van der Waals surface area contributed by atoms with Gasteiger partial charge in [0.15, 0.2) is 0 Å². The van der Waals surface area contributed by atoms with Gasteiger partial charge in [0.05, 0.1) is 0 Å². The smallest absolute Gasteiger partial charge is 0.228 e. The SMILES string of the molecule is CC1(C)CC(CCCCCCCCCCCCNc2nc(Cl)nc(NCCCCCCCCCCCCC3CC(C)(C)NC(C)(C)C3)n2)CC(C)(C)N1. The third-order valence-electron chi connectivity index (χ3n) is 11.8. The van der Waals surface area contributed by atoms with Crippen LogP contribution >= 0.6 is 11.6 Å². The standard InChI is InChI=1S/C45H86ClN7/c1-42(2)33-37(34-43(3,4)52-42)29-25-21-17-13-9-11-15-19-23-27-31-47-40-49-39(46)50-41(51-40)48-32-28-24-20-16-12-10-14-18-22-26-30-38-35-44(5,6)53-45(7,8)36-38/h37-38,52-53H,9-36H2,1-8H3,(H2,47,48,49,50,51). The van der Waals surface area contributed by atoms with Crippen molar-refractivity contribution in [1.82, 2.24) is 25.6 Å². The summed E-state index contributed by atoms with van der Waals surface area (Å²) in [6, 6.07) is 0. The Kier molecular flexibility index (Phi) is 20.7. The number of nitrogens with one attached hydrogen (secondary N) is 4. The van der Waals surface area contributed by atoms with E-state index in [4.69, 9.17) is 11.6 Å². The molecule has 0 aromatic carbocycles. The average Bonchev–Trinajstić information content (AvgIpc) is 3.02. The molecule has 0 unspecified atom stereocenters. The lowest BCUT2D eigenvalue weighted by Gasteiger charge is -2.46. The second-order valence-corrected chi connectivity index (χ2v) is 20.4. The molecule has 2 aliphatic rings. The molecule has 308 valence electrons. The van der Waals surface area contributed by atoms with E-state index >= 15 is 0 Å². The molecule has 3 rings (SSSR count). The molecule has 7 nitrogen and oxygen atoms in total. The number of halogens is 1. The lowest BCUT2D eigenvalue weighted by atomic mass is 9.74. The Bertz CT molecular complexity index is 1010. The van der Waals surface area contributed by atoms with Crippen LogP contribution in [-0.4, -0.2) is 50.2 Å². The average molecular weight is 761 g/mol. The normalized spacial score (nSPS) is 19.7. The third kappa shape index (κ3) is 21.6. The maximum Gasteiger partial charge on any atom is 0.228 e. The highest BCUT2D eigenvalue weighted by molar-refractivity contribution is 6.28. The molecule has 0 spiro atoms. The number of rotatable bonds is 28. The summed E-state index contributed by atoms with van der Waals surface area (Å²) in [5.74, 6) is 2.94. The van der Waals surface area contributed by atoms with Crippen LogP contribution in [0.25, 0.3) is 0 Å². The van der Waals surface area contributed by atoms with Gasteiger partial charge in [0, 0.05) is 35.2 Å². The number of unbranched alkanes of at least 4 members (excludes halogenated alkanes) is 18. The molecule has 0 amide bonds. The molecule has 2 saturated heterocycles. The van der Waals surface area contributed by atoms with Crippen LogP contribution in [-0.2, 0) is 0 Å². The first kappa shape index (κ1) is 46.2. The topological polar surface area (TPSA) is 86.8 Å². The molecule has 1 aromatic rings. The predicted octanol–water partition coefficient (Wildman–Crippen LogP) is 13.0. The lowest BCUT2D eigenvalue weighted by Crippen LogP contribution is -2.57. The Morgan fingerprint density at radius 3 is 1.00 bits per heavy atom. The van der Waals surface area contributed by atoms with Crippen LogP contribution in [0.2, 0.25) is 5.28 Å². The summed E-state index contributed by atoms with van der Waals surface area (Å²) in [6.45, 7) is 20.7. The van der Waals surface area contributed by atoms with Gasteiger partial charge < -0.3 is 21.3 Å². The van der Waals surface area contributed by atoms with E-state index in [1.807, 2.05) is 0 Å². The first-order valence-corrected chi connectivity index (χ1v) is 23.0. The van der Waals surface area contributed by atoms with E-state index in [1.54, 1.807) is 0 Å². The summed E-state index contributed by atoms with van der Waals surface area (Å²) in [4.78, 5) is 13.1. The molecular weight excluding hydrogens is 674 g/mol. The van der Waals surface area contributed by atoms with Crippen LogP contribution in [0.3, 0.4) is 0 Å². The molecule has 0 bridgehead atoms. The monoisotopic (exact) mass is 760 g/mol. The van der Waals surface area contributed by atoms with E-state index < -0.39 is 0 Å². The van der Waals surface area contributed by atoms with Crippen LogP contribution in [0, 0.1) is 11.8 Å². The Morgan fingerprint density at radius 1 is 0.434 bits per heavy atom. The summed E-state index contributed by atoms with van der Waals surface area (Å²) in [5.41, 5.74) is 1.14. The third-order valence-corrected chi connectivity index (χ3v) is 12.0. The molecule has 53 heavy (non-hydrogen) atoms. The molecule has 0 aliphatic carbocycles. The minimum absolute atomic E-state index is 0.253. The highest BCUT2D eigenvalue weighted by Crippen LogP contribution is 2.37. The summed E-state index contributed by atoms with van der Waals surface area (Å²) in [7, 11) is 0. The fourth-order valence-electron chi connectivity index (χ4n) is 10.3. The van der Waals surface area contributed by atoms with Gasteiger partial charge in [-0.15, -0.1) is 0 Å². The number of hydrogen-bond donors (Lipinski definition) is 4. The van der Waals surface area contributed by atoms with Crippen LogP contribution in [0.4, 0.5) is 11.9 Å². The molecule has 0 radical (unpaired) electrons. The largest absolute Gasteiger partial charge is 0.354 e. The van der Waals surface area contributed by atoms with Gasteiger partial charge in [-0.3, -0.25) is 0 Å². The Hall–Kier alpha value is -1.18. The van der Waals surface area contributed by atoms with Crippen LogP contribution in [0.1, 0.15) is 222 Å². The minimum atomic E-state index is 0.253. The molecule has 2 aliphatic heterocycles. The zero-order valence-corrected chi connectivity index (χ0v) is 36.9. The number of piperidine rings is 2. The Balaban J connectivity index is 1.08. The zero-order chi connectivity index (χ0) is 38.6. The van der Waals surface area contributed by atoms with Crippen LogP contribution in [0.5, 0.6) is 0 Å². The molecule has 2 fully saturated rings. The number of nitrogens with zero attached hydrogens (tertiary/aromatic N) is 3. The van der Waals surface area contributed by atoms with E-state index in [0.29, 0.717) is 11.9 Å². The van der Waals surface area contributed by atoms with Gasteiger partial charge in [0.1, 0.15) is 0 Å². The summed E-state index contributed by atoms with van der Waals surface area (Å²) >= 11 is 6.22. The fourth-order valence-corrected chi connectivity index (χ4v) is 10.5. The van der Waals surface area contributed by atoms with Crippen molar-refractivity contribution in [2.24, 2.45) is 11.8 Å². The molecule has 4 N–H and O–H groups in total. The first-order valence-electron chi connectivity index (χ1n) is 22.6. The van der Waals surface area contributed by atoms with Gasteiger partial charge in [-0.1, -0.05) is 128 Å². The van der Waals surface area contributed by atoms with Crippen molar-refractivity contribution in [3.05, 3.63) is 5.28 Å². The van der Waals surface area contributed by atoms with Gasteiger partial charge in [-0.2, -0.15) is 15.0 Å². The van der Waals surface area contributed by atoms with E-state index in [0.717, 1.165) is 37.8 Å².